The van der Waals surface area contributed by atoms with Crippen molar-refractivity contribution in [1.82, 2.24) is 10.2 Å². The molecular formula is C12H16N4O4. The van der Waals surface area contributed by atoms with Crippen molar-refractivity contribution in [1.29, 1.82) is 0 Å². The lowest BCUT2D eigenvalue weighted by atomic mass is 10.1. The normalized spacial score (nSPS) is 26.1. The Morgan fingerprint density at radius 1 is 1.55 bits per heavy atom. The Morgan fingerprint density at radius 2 is 2.25 bits per heavy atom. The zero-order chi connectivity index (χ0) is 14.9. The lowest BCUT2D eigenvalue weighted by molar-refractivity contribution is -0.142. The van der Waals surface area contributed by atoms with E-state index in [2.05, 4.69) is 5.32 Å². The molecule has 0 aromatic rings. The number of nitrogens with zero attached hydrogens (tertiary/aromatic N) is 1. The fourth-order valence-electron chi connectivity index (χ4n) is 2.23. The van der Waals surface area contributed by atoms with Gasteiger partial charge in [-0.2, -0.15) is 0 Å². The maximum atomic E-state index is 12.0. The molecule has 0 aliphatic carbocycles. The van der Waals surface area contributed by atoms with Crippen LogP contribution in [0.4, 0.5) is 0 Å². The van der Waals surface area contributed by atoms with Crippen LogP contribution in [-0.2, 0) is 14.4 Å². The average molecular weight is 280 g/mol. The molecule has 8 nitrogen and oxygen atoms in total. The van der Waals surface area contributed by atoms with Crippen LogP contribution in [0.3, 0.4) is 0 Å². The molecule has 3 unspecified atom stereocenters. The Balaban J connectivity index is 2.13. The third-order valence-electron chi connectivity index (χ3n) is 3.22. The SMILES string of the molecule is NC(=O)CC(NC1C=CC2=CCC(N)C(=O)N21)C(=O)O. The highest BCUT2D eigenvalue weighted by atomic mass is 16.4. The number of carbonyl (C=O) groups excluding carboxylic acids is 2. The fraction of sp³-hybridized carbons (Fsp3) is 0.417. The van der Waals surface area contributed by atoms with Crippen LogP contribution in [0.2, 0.25) is 0 Å². The third-order valence-corrected chi connectivity index (χ3v) is 3.22. The molecule has 2 heterocycles. The quantitative estimate of drug-likeness (QED) is 0.470. The summed E-state index contributed by atoms with van der Waals surface area (Å²) in [6.07, 6.45) is 4.64. The van der Waals surface area contributed by atoms with E-state index in [0.717, 1.165) is 0 Å². The summed E-state index contributed by atoms with van der Waals surface area (Å²) in [5, 5.41) is 11.8. The van der Waals surface area contributed by atoms with Gasteiger partial charge in [0.1, 0.15) is 12.2 Å². The van der Waals surface area contributed by atoms with Crippen LogP contribution in [0.25, 0.3) is 0 Å². The van der Waals surface area contributed by atoms with Crippen LogP contribution in [0.5, 0.6) is 0 Å². The number of fused-ring (bicyclic) bond motifs is 1. The predicted octanol–water partition coefficient (Wildman–Crippen LogP) is -1.76. The first-order valence-electron chi connectivity index (χ1n) is 6.14. The van der Waals surface area contributed by atoms with Crippen LogP contribution in [0.1, 0.15) is 12.8 Å². The number of allylic oxidation sites excluding steroid dienone is 1. The topological polar surface area (TPSA) is 139 Å². The van der Waals surface area contributed by atoms with E-state index >= 15 is 0 Å². The van der Waals surface area contributed by atoms with Gasteiger partial charge in [-0.15, -0.1) is 0 Å². The van der Waals surface area contributed by atoms with E-state index in [0.29, 0.717) is 12.1 Å². The number of amides is 2. The van der Waals surface area contributed by atoms with Gasteiger partial charge in [0.2, 0.25) is 11.8 Å². The standard InChI is InChI=1S/C12H16N4O4/c13-7-3-1-6-2-4-10(16(6)11(7)18)15-8(12(19)20)5-9(14)17/h1-2,4,7-8,10,15H,3,5,13H2,(H2,14,17)(H,19,20). The first-order chi connectivity index (χ1) is 9.40. The number of nitrogens with one attached hydrogen (secondary N) is 1. The predicted molar refractivity (Wildman–Crippen MR) is 68.8 cm³/mol. The second-order valence-electron chi connectivity index (χ2n) is 4.71. The maximum Gasteiger partial charge on any atom is 0.321 e. The highest BCUT2D eigenvalue weighted by Gasteiger charge is 2.36. The molecule has 0 saturated heterocycles. The minimum atomic E-state index is -1.21. The summed E-state index contributed by atoms with van der Waals surface area (Å²) in [6.45, 7) is 0. The summed E-state index contributed by atoms with van der Waals surface area (Å²) in [7, 11) is 0. The van der Waals surface area contributed by atoms with Gasteiger partial charge >= 0.3 is 5.97 Å². The Bertz CT molecular complexity index is 514. The minimum Gasteiger partial charge on any atom is -0.480 e. The van der Waals surface area contributed by atoms with E-state index in [-0.39, 0.29) is 12.3 Å². The van der Waals surface area contributed by atoms with Crippen molar-refractivity contribution in [2.24, 2.45) is 11.5 Å². The lowest BCUT2D eigenvalue weighted by Gasteiger charge is -2.33. The molecule has 3 atom stereocenters. The largest absolute Gasteiger partial charge is 0.480 e. The molecule has 8 heteroatoms. The van der Waals surface area contributed by atoms with Crippen LogP contribution in [0, 0.1) is 0 Å². The molecule has 20 heavy (non-hydrogen) atoms. The number of rotatable bonds is 5. The van der Waals surface area contributed by atoms with Crippen LogP contribution < -0.4 is 16.8 Å². The Kier molecular flexibility index (Phi) is 3.86. The van der Waals surface area contributed by atoms with Crippen LogP contribution in [-0.4, -0.2) is 46.0 Å². The van der Waals surface area contributed by atoms with E-state index in [1.54, 1.807) is 12.2 Å². The molecular weight excluding hydrogens is 264 g/mol. The van der Waals surface area contributed by atoms with Crippen molar-refractivity contribution in [2.45, 2.75) is 31.1 Å². The summed E-state index contributed by atoms with van der Waals surface area (Å²) in [6, 6.07) is -1.80. The highest BCUT2D eigenvalue weighted by molar-refractivity contribution is 5.87. The zero-order valence-electron chi connectivity index (χ0n) is 10.7. The number of primary amides is 1. The Hall–Kier alpha value is -2.19. The second kappa shape index (κ2) is 5.43. The van der Waals surface area contributed by atoms with Gasteiger partial charge in [0.05, 0.1) is 12.5 Å². The van der Waals surface area contributed by atoms with Crippen LogP contribution >= 0.6 is 0 Å². The maximum absolute atomic E-state index is 12.0. The van der Waals surface area contributed by atoms with E-state index in [9.17, 15) is 14.4 Å². The molecule has 0 aromatic carbocycles. The molecule has 0 saturated carbocycles. The van der Waals surface area contributed by atoms with Crippen molar-refractivity contribution in [3.63, 3.8) is 0 Å². The van der Waals surface area contributed by atoms with E-state index in [1.807, 2.05) is 6.08 Å². The van der Waals surface area contributed by atoms with E-state index in [1.165, 1.54) is 4.90 Å². The van der Waals surface area contributed by atoms with Gasteiger partial charge in [-0.1, -0.05) is 6.08 Å². The molecule has 0 bridgehead atoms. The number of carboxylic acid groups (broad SMARTS) is 1. The van der Waals surface area contributed by atoms with Gasteiger partial charge in [0, 0.05) is 5.70 Å². The Labute approximate surface area is 115 Å². The van der Waals surface area contributed by atoms with E-state index in [4.69, 9.17) is 16.6 Å². The molecule has 2 aliphatic heterocycles. The summed E-state index contributed by atoms with van der Waals surface area (Å²) < 4.78 is 0. The van der Waals surface area contributed by atoms with Gasteiger partial charge in [-0.05, 0) is 18.6 Å². The number of carbonyl (C=O) groups is 3. The van der Waals surface area contributed by atoms with Crippen molar-refractivity contribution in [3.8, 4) is 0 Å². The zero-order valence-corrected chi connectivity index (χ0v) is 10.7. The van der Waals surface area contributed by atoms with Gasteiger partial charge in [-0.3, -0.25) is 24.6 Å². The van der Waals surface area contributed by atoms with Gasteiger partial charge in [-0.25, -0.2) is 0 Å². The van der Waals surface area contributed by atoms with Crippen molar-refractivity contribution < 1.29 is 19.5 Å². The molecule has 0 fully saturated rings. The number of nitrogens with two attached hydrogens (primary N) is 2. The molecule has 2 aliphatic rings. The smallest absolute Gasteiger partial charge is 0.321 e. The molecule has 0 aromatic heterocycles. The molecule has 0 radical (unpaired) electrons. The van der Waals surface area contributed by atoms with Gasteiger partial charge in [0.15, 0.2) is 0 Å². The van der Waals surface area contributed by atoms with Gasteiger partial charge < -0.3 is 16.6 Å². The summed E-state index contributed by atoms with van der Waals surface area (Å²) in [4.78, 5) is 35.4. The summed E-state index contributed by atoms with van der Waals surface area (Å²) in [5.41, 5.74) is 11.4. The van der Waals surface area contributed by atoms with Gasteiger partial charge in [0.25, 0.3) is 0 Å². The average Bonchev–Trinajstić information content (AvgIpc) is 2.76. The summed E-state index contributed by atoms with van der Waals surface area (Å²) in [5.74, 6) is -2.22. The van der Waals surface area contributed by atoms with Crippen molar-refractivity contribution in [3.05, 3.63) is 23.9 Å². The monoisotopic (exact) mass is 280 g/mol. The summed E-state index contributed by atoms with van der Waals surface area (Å²) >= 11 is 0. The van der Waals surface area contributed by atoms with Crippen LogP contribution in [0.15, 0.2) is 23.9 Å². The van der Waals surface area contributed by atoms with E-state index < -0.39 is 30.1 Å². The molecule has 6 N–H and O–H groups in total. The van der Waals surface area contributed by atoms with Crippen molar-refractivity contribution in [2.75, 3.05) is 0 Å². The number of aliphatic carboxylic acids is 1. The molecule has 2 rings (SSSR count). The minimum absolute atomic E-state index is 0.284. The molecule has 2 amide bonds. The fourth-order valence-corrected chi connectivity index (χ4v) is 2.23. The first-order valence-corrected chi connectivity index (χ1v) is 6.14. The first kappa shape index (κ1) is 14.2. The molecule has 0 spiro atoms. The second-order valence-corrected chi connectivity index (χ2v) is 4.71. The lowest BCUT2D eigenvalue weighted by Crippen LogP contribution is -2.55. The molecule has 108 valence electrons. The third kappa shape index (κ3) is 2.70. The van der Waals surface area contributed by atoms with Crippen molar-refractivity contribution >= 4 is 17.8 Å². The number of hydrogen-bond donors (Lipinski definition) is 4. The Morgan fingerprint density at radius 3 is 2.85 bits per heavy atom. The number of carboxylic acids is 1. The number of hydrogen-bond acceptors (Lipinski definition) is 5. The highest BCUT2D eigenvalue weighted by Crippen LogP contribution is 2.25.